The number of amides is 2. The predicted molar refractivity (Wildman–Crippen MR) is 89.7 cm³/mol. The number of carbonyl (C=O) groups excluding carboxylic acids is 2. The molecule has 3 saturated heterocycles. The summed E-state index contributed by atoms with van der Waals surface area (Å²) in [7, 11) is 0. The molecule has 3 aliphatic rings. The second kappa shape index (κ2) is 6.61. The van der Waals surface area contributed by atoms with Crippen molar-refractivity contribution in [2.75, 3.05) is 13.1 Å². The normalized spacial score (nSPS) is 23.2. The number of rotatable bonds is 4. The molecule has 0 aliphatic carbocycles. The molecule has 3 fully saturated rings. The van der Waals surface area contributed by atoms with Crippen molar-refractivity contribution >= 4 is 23.2 Å². The average Bonchev–Trinajstić information content (AvgIpc) is 3.23. The molecule has 0 unspecified atom stereocenters. The number of hydrogen-bond donors (Lipinski definition) is 1. The maximum absolute atomic E-state index is 12.8. The van der Waals surface area contributed by atoms with E-state index in [0.717, 1.165) is 18.5 Å². The Hall–Kier alpha value is -2.19. The number of hydrogen-bond acceptors (Lipinski definition) is 6. The van der Waals surface area contributed by atoms with Crippen LogP contribution in [0.3, 0.4) is 0 Å². The molecule has 8 heteroatoms. The number of thiazole rings is 1. The lowest BCUT2D eigenvalue weighted by Crippen LogP contribution is -2.47. The molecule has 0 saturated carbocycles. The molecule has 0 aromatic carbocycles. The first-order valence-corrected chi connectivity index (χ1v) is 9.26. The highest BCUT2D eigenvalue weighted by atomic mass is 32.1. The van der Waals surface area contributed by atoms with Gasteiger partial charge >= 0.3 is 0 Å². The first kappa shape index (κ1) is 16.3. The van der Waals surface area contributed by atoms with E-state index in [1.807, 2.05) is 10.3 Å². The molecular weight excluding hydrogens is 342 g/mol. The minimum Gasteiger partial charge on any atom is -0.453 e. The van der Waals surface area contributed by atoms with Gasteiger partial charge in [-0.25, -0.2) is 4.98 Å². The van der Waals surface area contributed by atoms with Gasteiger partial charge in [-0.3, -0.25) is 9.59 Å². The third kappa shape index (κ3) is 3.07. The van der Waals surface area contributed by atoms with E-state index in [-0.39, 0.29) is 36.1 Å². The van der Waals surface area contributed by atoms with Crippen LogP contribution in [0.4, 0.5) is 0 Å². The number of piperidine rings is 1. The quantitative estimate of drug-likeness (QED) is 0.892. The van der Waals surface area contributed by atoms with Gasteiger partial charge in [-0.05, 0) is 25.0 Å². The molecule has 0 radical (unpaired) electrons. The molecule has 25 heavy (non-hydrogen) atoms. The highest BCUT2D eigenvalue weighted by Gasteiger charge is 2.42. The van der Waals surface area contributed by atoms with Crippen LogP contribution in [0.15, 0.2) is 27.4 Å². The number of fused-ring (bicyclic) bond motifs is 4. The summed E-state index contributed by atoms with van der Waals surface area (Å²) in [5, 5.41) is 11.1. The Balaban J connectivity index is 1.54. The van der Waals surface area contributed by atoms with Crippen LogP contribution in [0.1, 0.15) is 34.9 Å². The van der Waals surface area contributed by atoms with Crippen molar-refractivity contribution in [1.29, 1.82) is 0 Å². The van der Waals surface area contributed by atoms with Crippen molar-refractivity contribution < 1.29 is 19.1 Å². The monoisotopic (exact) mass is 361 g/mol. The van der Waals surface area contributed by atoms with Crippen molar-refractivity contribution in [3.05, 3.63) is 40.2 Å². The van der Waals surface area contributed by atoms with E-state index < -0.39 is 0 Å². The molecule has 2 aromatic rings. The van der Waals surface area contributed by atoms with Gasteiger partial charge in [0.1, 0.15) is 12.4 Å². The molecule has 2 aromatic heterocycles. The van der Waals surface area contributed by atoms with E-state index >= 15 is 0 Å². The first-order valence-electron chi connectivity index (χ1n) is 8.32. The van der Waals surface area contributed by atoms with Gasteiger partial charge in [0.15, 0.2) is 5.76 Å². The smallest absolute Gasteiger partial charge is 0.289 e. The van der Waals surface area contributed by atoms with Crippen LogP contribution in [0.5, 0.6) is 0 Å². The number of furan rings is 1. The Morgan fingerprint density at radius 3 is 2.96 bits per heavy atom. The van der Waals surface area contributed by atoms with E-state index in [0.29, 0.717) is 25.4 Å². The summed E-state index contributed by atoms with van der Waals surface area (Å²) in [6.45, 7) is 1.18. The summed E-state index contributed by atoms with van der Waals surface area (Å²) in [5.41, 5.74) is 2.66. The van der Waals surface area contributed by atoms with Crippen molar-refractivity contribution in [3.63, 3.8) is 0 Å². The lowest BCUT2D eigenvalue weighted by molar-refractivity contribution is -0.140. The molecule has 7 nitrogen and oxygen atoms in total. The molecule has 132 valence electrons. The van der Waals surface area contributed by atoms with E-state index in [2.05, 4.69) is 4.98 Å². The van der Waals surface area contributed by atoms with Crippen LogP contribution >= 0.6 is 11.3 Å². The van der Waals surface area contributed by atoms with Crippen molar-refractivity contribution in [3.8, 4) is 0 Å². The van der Waals surface area contributed by atoms with E-state index in [1.165, 1.54) is 11.3 Å². The number of nitrogens with zero attached hydrogens (tertiary/aromatic N) is 3. The Morgan fingerprint density at radius 1 is 1.36 bits per heavy atom. The summed E-state index contributed by atoms with van der Waals surface area (Å²) in [6.07, 6.45) is 1.70. The van der Waals surface area contributed by atoms with Crippen LogP contribution in [0.25, 0.3) is 0 Å². The van der Waals surface area contributed by atoms with Gasteiger partial charge < -0.3 is 19.3 Å². The molecule has 3 aliphatic heterocycles. The molecule has 5 rings (SSSR count). The predicted octanol–water partition coefficient (Wildman–Crippen LogP) is 1.49. The fourth-order valence-electron chi connectivity index (χ4n) is 3.64. The molecule has 2 bridgehead atoms. The number of carbonyl (C=O) groups is 2. The zero-order valence-electron chi connectivity index (χ0n) is 13.6. The SMILES string of the molecule is O=C(c1ccc(CO)o1)N1C[C@H]2CC[C@@H](C1)N(Cc1cscn1)C2=O. The van der Waals surface area contributed by atoms with Crippen molar-refractivity contribution in [2.24, 2.45) is 5.92 Å². The Kier molecular flexibility index (Phi) is 4.30. The number of aromatic nitrogens is 1. The second-order valence-corrected chi connectivity index (χ2v) is 7.23. The van der Waals surface area contributed by atoms with Gasteiger partial charge in [-0.2, -0.15) is 0 Å². The molecule has 2 atom stereocenters. The minimum absolute atomic E-state index is 0.00387. The molecule has 2 amide bonds. The molecule has 1 N–H and O–H groups in total. The van der Waals surface area contributed by atoms with Gasteiger partial charge in [-0.1, -0.05) is 0 Å². The Labute approximate surface area is 148 Å². The van der Waals surface area contributed by atoms with E-state index in [4.69, 9.17) is 9.52 Å². The number of aliphatic hydroxyl groups is 1. The van der Waals surface area contributed by atoms with Gasteiger partial charge in [-0.15, -0.1) is 11.3 Å². The molecule has 0 spiro atoms. The highest BCUT2D eigenvalue weighted by molar-refractivity contribution is 7.07. The van der Waals surface area contributed by atoms with E-state index in [1.54, 1.807) is 22.5 Å². The summed E-state index contributed by atoms with van der Waals surface area (Å²) in [5.74, 6) is 0.287. The van der Waals surface area contributed by atoms with Crippen LogP contribution in [0.2, 0.25) is 0 Å². The van der Waals surface area contributed by atoms with Crippen LogP contribution < -0.4 is 0 Å². The fraction of sp³-hybridized carbons (Fsp3) is 0.471. The standard InChI is InChI=1S/C17H19N3O4S/c21-8-14-3-4-15(24-14)17(23)19-5-11-1-2-13(7-19)20(16(11)22)6-12-9-25-10-18-12/h3-4,9-11,13,21H,1-2,5-8H2/t11-,13+/m1/s1. The Morgan fingerprint density at radius 2 is 2.24 bits per heavy atom. The lowest BCUT2D eigenvalue weighted by Gasteiger charge is -2.35. The third-order valence-electron chi connectivity index (χ3n) is 4.92. The van der Waals surface area contributed by atoms with Crippen molar-refractivity contribution in [2.45, 2.75) is 32.0 Å². The van der Waals surface area contributed by atoms with Gasteiger partial charge in [0.25, 0.3) is 5.91 Å². The first-order chi connectivity index (χ1) is 12.2. The van der Waals surface area contributed by atoms with Gasteiger partial charge in [0.05, 0.1) is 23.7 Å². The largest absolute Gasteiger partial charge is 0.453 e. The summed E-state index contributed by atoms with van der Waals surface area (Å²) >= 11 is 1.52. The van der Waals surface area contributed by atoms with E-state index in [9.17, 15) is 9.59 Å². The van der Waals surface area contributed by atoms with Crippen molar-refractivity contribution in [1.82, 2.24) is 14.8 Å². The Bertz CT molecular complexity index is 773. The topological polar surface area (TPSA) is 86.9 Å². The lowest BCUT2D eigenvalue weighted by atomic mass is 9.94. The third-order valence-corrected chi connectivity index (χ3v) is 5.56. The highest BCUT2D eigenvalue weighted by Crippen LogP contribution is 2.31. The minimum atomic E-state index is -0.238. The molecule has 5 heterocycles. The van der Waals surface area contributed by atoms with Crippen LogP contribution in [0, 0.1) is 5.92 Å². The zero-order valence-corrected chi connectivity index (χ0v) is 14.4. The van der Waals surface area contributed by atoms with Gasteiger partial charge in [0, 0.05) is 24.5 Å². The number of aliphatic hydroxyl groups excluding tert-OH is 1. The summed E-state index contributed by atoms with van der Waals surface area (Å²) < 4.78 is 5.37. The van der Waals surface area contributed by atoms with Gasteiger partial charge in [0.2, 0.25) is 5.91 Å². The fourth-order valence-corrected chi connectivity index (χ4v) is 4.19. The summed E-state index contributed by atoms with van der Waals surface area (Å²) in [6, 6.07) is 3.18. The maximum Gasteiger partial charge on any atom is 0.289 e. The van der Waals surface area contributed by atoms with Crippen LogP contribution in [-0.2, 0) is 17.9 Å². The second-order valence-electron chi connectivity index (χ2n) is 6.51. The summed E-state index contributed by atoms with van der Waals surface area (Å²) in [4.78, 5) is 33.4. The average molecular weight is 361 g/mol. The molecular formula is C17H19N3O4S. The van der Waals surface area contributed by atoms with Crippen LogP contribution in [-0.4, -0.2) is 50.8 Å². The zero-order chi connectivity index (χ0) is 17.4. The maximum atomic E-state index is 12.8.